The van der Waals surface area contributed by atoms with Gasteiger partial charge in [0.05, 0.1) is 14.2 Å². The van der Waals surface area contributed by atoms with Gasteiger partial charge in [0.25, 0.3) is 0 Å². The van der Waals surface area contributed by atoms with Gasteiger partial charge in [-0.15, -0.1) is 0 Å². The summed E-state index contributed by atoms with van der Waals surface area (Å²) in [6.45, 7) is 3.01. The number of benzene rings is 3. The molecule has 0 spiro atoms. The number of aryl methyl sites for hydroxylation is 1. The van der Waals surface area contributed by atoms with Crippen molar-refractivity contribution in [3.8, 4) is 11.5 Å². The molecule has 0 aromatic heterocycles. The van der Waals surface area contributed by atoms with Gasteiger partial charge < -0.3 is 19.7 Å². The number of halogens is 1. The highest BCUT2D eigenvalue weighted by Crippen LogP contribution is 2.28. The third-order valence-electron chi connectivity index (χ3n) is 6.42. The fourth-order valence-corrected chi connectivity index (χ4v) is 4.77. The van der Waals surface area contributed by atoms with Crippen LogP contribution in [-0.2, 0) is 29.0 Å². The molecule has 0 saturated carbocycles. The zero-order chi connectivity index (χ0) is 27.3. The second kappa shape index (κ2) is 15.2. The smallest absolute Gasteiger partial charge is 0.243 e. The molecule has 0 aliphatic heterocycles. The minimum absolute atomic E-state index is 0.0775. The molecule has 3 rings (SSSR count). The number of carbonyl (C=O) groups excluding carboxylic acids is 2. The van der Waals surface area contributed by atoms with Crippen molar-refractivity contribution in [1.82, 2.24) is 10.2 Å². The Kier molecular flexibility index (Phi) is 11.7. The molecule has 1 atom stereocenters. The number of ether oxygens (including phenoxy) is 2. The largest absolute Gasteiger partial charge is 0.493 e. The zero-order valence-corrected chi connectivity index (χ0v) is 24.0. The summed E-state index contributed by atoms with van der Waals surface area (Å²) in [6.07, 6.45) is 3.09. The molecule has 202 valence electrons. The summed E-state index contributed by atoms with van der Waals surface area (Å²) >= 11 is 3.53. The van der Waals surface area contributed by atoms with E-state index in [4.69, 9.17) is 9.47 Å². The van der Waals surface area contributed by atoms with E-state index in [1.165, 1.54) is 0 Å². The fourth-order valence-electron chi connectivity index (χ4n) is 4.32. The molecule has 0 heterocycles. The highest BCUT2D eigenvalue weighted by Gasteiger charge is 2.30. The van der Waals surface area contributed by atoms with E-state index in [0.717, 1.165) is 34.0 Å². The van der Waals surface area contributed by atoms with E-state index in [1.807, 2.05) is 72.8 Å². The summed E-state index contributed by atoms with van der Waals surface area (Å²) in [4.78, 5) is 29.1. The van der Waals surface area contributed by atoms with Gasteiger partial charge in [0, 0.05) is 30.4 Å². The molecule has 0 aliphatic carbocycles. The van der Waals surface area contributed by atoms with Crippen LogP contribution >= 0.6 is 15.9 Å². The lowest BCUT2D eigenvalue weighted by Gasteiger charge is -2.32. The molecule has 38 heavy (non-hydrogen) atoms. The lowest BCUT2D eigenvalue weighted by Crippen LogP contribution is -2.50. The second-order valence-electron chi connectivity index (χ2n) is 9.19. The number of methoxy groups -OCH3 is 2. The van der Waals surface area contributed by atoms with Crippen LogP contribution in [0.3, 0.4) is 0 Å². The van der Waals surface area contributed by atoms with Crippen molar-refractivity contribution in [3.63, 3.8) is 0 Å². The zero-order valence-electron chi connectivity index (χ0n) is 22.4. The summed E-state index contributed by atoms with van der Waals surface area (Å²) in [7, 11) is 3.19. The molecule has 6 nitrogen and oxygen atoms in total. The minimum atomic E-state index is -0.633. The normalized spacial score (nSPS) is 11.5. The average molecular weight is 582 g/mol. The SMILES string of the molecule is CCCCNC(=O)[C@@H](Cc1ccccc1)N(Cc1cccc(Br)c1)C(=O)CCc1ccc(OC)c(OC)c1. The number of hydrogen-bond donors (Lipinski definition) is 1. The Morgan fingerprint density at radius 1 is 0.895 bits per heavy atom. The van der Waals surface area contributed by atoms with E-state index >= 15 is 0 Å². The van der Waals surface area contributed by atoms with Crippen LogP contribution in [0, 0.1) is 0 Å². The van der Waals surface area contributed by atoms with Gasteiger partial charge in [-0.3, -0.25) is 9.59 Å². The van der Waals surface area contributed by atoms with Crippen molar-refractivity contribution in [1.29, 1.82) is 0 Å². The Morgan fingerprint density at radius 3 is 2.32 bits per heavy atom. The highest BCUT2D eigenvalue weighted by molar-refractivity contribution is 9.10. The van der Waals surface area contributed by atoms with Crippen LogP contribution < -0.4 is 14.8 Å². The molecule has 7 heteroatoms. The third kappa shape index (κ3) is 8.62. The van der Waals surface area contributed by atoms with Gasteiger partial charge in [-0.25, -0.2) is 0 Å². The van der Waals surface area contributed by atoms with Gasteiger partial charge in [0.1, 0.15) is 6.04 Å². The van der Waals surface area contributed by atoms with Gasteiger partial charge in [0.2, 0.25) is 11.8 Å². The first kappa shape index (κ1) is 29.2. The van der Waals surface area contributed by atoms with Gasteiger partial charge in [0.15, 0.2) is 11.5 Å². The van der Waals surface area contributed by atoms with Crippen molar-refractivity contribution in [2.24, 2.45) is 0 Å². The summed E-state index contributed by atoms with van der Waals surface area (Å²) in [5, 5.41) is 3.07. The van der Waals surface area contributed by atoms with Crippen LogP contribution in [0.1, 0.15) is 42.9 Å². The predicted octanol–water partition coefficient (Wildman–Crippen LogP) is 5.96. The molecule has 3 aromatic rings. The fraction of sp³-hybridized carbons (Fsp3) is 0.355. The van der Waals surface area contributed by atoms with Crippen molar-refractivity contribution < 1.29 is 19.1 Å². The first-order chi connectivity index (χ1) is 18.4. The standard InChI is InChI=1S/C31H37BrN2O4/c1-4-5-18-33-31(36)27(20-23-10-7-6-8-11-23)34(22-25-12-9-13-26(32)19-25)30(35)17-15-24-14-16-28(37-2)29(21-24)38-3/h6-14,16,19,21,27H,4-5,15,17-18,20,22H2,1-3H3,(H,33,36)/t27-/m1/s1. The molecular weight excluding hydrogens is 544 g/mol. The average Bonchev–Trinajstić information content (AvgIpc) is 2.94. The summed E-state index contributed by atoms with van der Waals surface area (Å²) in [5.74, 6) is 1.06. The van der Waals surface area contributed by atoms with E-state index in [9.17, 15) is 9.59 Å². The third-order valence-corrected chi connectivity index (χ3v) is 6.91. The van der Waals surface area contributed by atoms with E-state index < -0.39 is 6.04 Å². The van der Waals surface area contributed by atoms with Crippen molar-refractivity contribution >= 4 is 27.7 Å². The Balaban J connectivity index is 1.89. The Labute approximate surface area is 234 Å². The molecular formula is C31H37BrN2O4. The molecule has 0 unspecified atom stereocenters. The predicted molar refractivity (Wildman–Crippen MR) is 154 cm³/mol. The summed E-state index contributed by atoms with van der Waals surface area (Å²) < 4.78 is 11.7. The number of nitrogens with zero attached hydrogens (tertiary/aromatic N) is 1. The first-order valence-electron chi connectivity index (χ1n) is 13.0. The number of nitrogens with one attached hydrogen (secondary N) is 1. The number of carbonyl (C=O) groups is 2. The monoisotopic (exact) mass is 580 g/mol. The maximum Gasteiger partial charge on any atom is 0.243 e. The molecule has 1 N–H and O–H groups in total. The number of unbranched alkanes of at least 4 members (excludes halogenated alkanes) is 1. The van der Waals surface area contributed by atoms with Crippen LogP contribution in [-0.4, -0.2) is 43.5 Å². The van der Waals surface area contributed by atoms with Crippen LogP contribution in [0.5, 0.6) is 11.5 Å². The van der Waals surface area contributed by atoms with E-state index in [1.54, 1.807) is 19.1 Å². The molecule has 0 bridgehead atoms. The number of amides is 2. The van der Waals surface area contributed by atoms with Crippen LogP contribution in [0.25, 0.3) is 0 Å². The van der Waals surface area contributed by atoms with Gasteiger partial charge in [-0.05, 0) is 53.8 Å². The minimum Gasteiger partial charge on any atom is -0.493 e. The Morgan fingerprint density at radius 2 is 1.63 bits per heavy atom. The van der Waals surface area contributed by atoms with E-state index in [0.29, 0.717) is 37.4 Å². The van der Waals surface area contributed by atoms with E-state index in [2.05, 4.69) is 28.2 Å². The van der Waals surface area contributed by atoms with Crippen LogP contribution in [0.2, 0.25) is 0 Å². The molecule has 0 aliphatic rings. The lowest BCUT2D eigenvalue weighted by molar-refractivity contribution is -0.141. The summed E-state index contributed by atoms with van der Waals surface area (Å²) in [6, 6.07) is 22.8. The maximum atomic E-state index is 13.8. The summed E-state index contributed by atoms with van der Waals surface area (Å²) in [5.41, 5.74) is 2.93. The second-order valence-corrected chi connectivity index (χ2v) is 10.1. The van der Waals surface area contributed by atoms with Gasteiger partial charge >= 0.3 is 0 Å². The van der Waals surface area contributed by atoms with Gasteiger partial charge in [-0.2, -0.15) is 0 Å². The molecule has 0 saturated heterocycles. The number of hydrogen-bond acceptors (Lipinski definition) is 4. The van der Waals surface area contributed by atoms with Crippen LogP contribution in [0.15, 0.2) is 77.3 Å². The maximum absolute atomic E-state index is 13.8. The Hall–Kier alpha value is -3.32. The van der Waals surface area contributed by atoms with Crippen molar-refractivity contribution in [2.75, 3.05) is 20.8 Å². The quantitative estimate of drug-likeness (QED) is 0.239. The Bertz CT molecular complexity index is 1190. The topological polar surface area (TPSA) is 67.9 Å². The van der Waals surface area contributed by atoms with Crippen molar-refractivity contribution in [3.05, 3.63) is 94.0 Å². The lowest BCUT2D eigenvalue weighted by atomic mass is 10.0. The van der Waals surface area contributed by atoms with E-state index in [-0.39, 0.29) is 18.2 Å². The highest BCUT2D eigenvalue weighted by atomic mass is 79.9. The van der Waals surface area contributed by atoms with Crippen LogP contribution in [0.4, 0.5) is 0 Å². The van der Waals surface area contributed by atoms with Crippen molar-refractivity contribution in [2.45, 2.75) is 51.6 Å². The number of rotatable bonds is 14. The molecule has 3 aromatic carbocycles. The van der Waals surface area contributed by atoms with Gasteiger partial charge in [-0.1, -0.05) is 77.8 Å². The molecule has 0 radical (unpaired) electrons. The molecule has 0 fully saturated rings. The first-order valence-corrected chi connectivity index (χ1v) is 13.8. The molecule has 2 amide bonds.